The Morgan fingerprint density at radius 1 is 0.412 bits per heavy atom. The molecule has 14 aromatic rings. The van der Waals surface area contributed by atoms with Crippen LogP contribution < -0.4 is 26.2 Å². The van der Waals surface area contributed by atoms with Gasteiger partial charge in [0.15, 0.2) is 0 Å². The highest BCUT2D eigenvalue weighted by Gasteiger charge is 2.46. The fourth-order valence-electron chi connectivity index (χ4n) is 14.2. The SMILES string of the molecule is CCCCc1cc2oc3ccccc3c2c(-c2ccccc2)c1N1c2ccc(-c3ccccc3)cc2B2c3ccc(-n4c5ccccc5c5ccccc54)cc3N(c3c(-c4ccccc4)cccc3-c3ccccc3)c3cc(C(C)(C)C)cc1c32. The first kappa shape index (κ1) is 50.6. The highest BCUT2D eigenvalue weighted by Crippen LogP contribution is 2.55. The van der Waals surface area contributed by atoms with Gasteiger partial charge in [0.05, 0.1) is 22.4 Å². The van der Waals surface area contributed by atoms with Gasteiger partial charge in [-0.2, -0.15) is 0 Å². The molecular formula is C80H62BN3O. The third-order valence-electron chi connectivity index (χ3n) is 18.1. The van der Waals surface area contributed by atoms with Gasteiger partial charge in [-0.15, -0.1) is 0 Å². The number of furan rings is 1. The molecule has 0 bridgehead atoms. The molecular weight excluding hydrogens is 1030 g/mol. The predicted molar refractivity (Wildman–Crippen MR) is 361 cm³/mol. The van der Waals surface area contributed by atoms with E-state index in [4.69, 9.17) is 4.42 Å². The molecule has 2 aliphatic rings. The second-order valence-electron chi connectivity index (χ2n) is 24.2. The first-order valence-electron chi connectivity index (χ1n) is 30.2. The number of aromatic nitrogens is 1. The number of rotatable bonds is 10. The van der Waals surface area contributed by atoms with Crippen LogP contribution in [0.15, 0.2) is 271 Å². The van der Waals surface area contributed by atoms with Gasteiger partial charge < -0.3 is 18.8 Å². The maximum absolute atomic E-state index is 6.96. The quantitative estimate of drug-likeness (QED) is 0.128. The summed E-state index contributed by atoms with van der Waals surface area (Å²) in [5.74, 6) is 0. The maximum atomic E-state index is 6.96. The minimum atomic E-state index is -0.264. The van der Waals surface area contributed by atoms with E-state index in [1.165, 1.54) is 88.8 Å². The van der Waals surface area contributed by atoms with E-state index in [-0.39, 0.29) is 12.1 Å². The number of fused-ring (bicyclic) bond motifs is 10. The van der Waals surface area contributed by atoms with Gasteiger partial charge in [0.2, 0.25) is 0 Å². The van der Waals surface area contributed by atoms with Gasteiger partial charge in [-0.1, -0.05) is 246 Å². The molecule has 0 saturated carbocycles. The smallest absolute Gasteiger partial charge is 0.252 e. The van der Waals surface area contributed by atoms with Crippen LogP contribution in [0.4, 0.5) is 34.1 Å². The summed E-state index contributed by atoms with van der Waals surface area (Å²) in [7, 11) is 0. The number of hydrogen-bond acceptors (Lipinski definition) is 3. The molecule has 4 nitrogen and oxygen atoms in total. The predicted octanol–water partition coefficient (Wildman–Crippen LogP) is 20.1. The van der Waals surface area contributed by atoms with E-state index in [1.54, 1.807) is 0 Å². The molecule has 12 aromatic carbocycles. The number of anilines is 6. The summed E-state index contributed by atoms with van der Waals surface area (Å²) in [6.45, 7) is 9.28. The summed E-state index contributed by atoms with van der Waals surface area (Å²) >= 11 is 0. The van der Waals surface area contributed by atoms with Gasteiger partial charge in [0.25, 0.3) is 6.71 Å². The minimum absolute atomic E-state index is 0.172. The van der Waals surface area contributed by atoms with Gasteiger partial charge in [0, 0.05) is 66.7 Å². The molecule has 0 radical (unpaired) electrons. The first-order chi connectivity index (χ1) is 41.8. The molecule has 16 rings (SSSR count). The van der Waals surface area contributed by atoms with Crippen LogP contribution in [0.2, 0.25) is 0 Å². The molecule has 0 amide bonds. The standard InChI is InChI=1S/C80H62BN3O/c1-5-6-26-57-48-74-76(64-37-21-24-42-73(64)85-74)75(55-33-17-10-18-34-55)78(57)83-69-46-43-56(52-27-11-7-12-28-52)47-66(69)81-65-45-44-59(82-67-40-22-19-35-62(67)63-36-20-23-41-68(63)82)51-70(65)84(72-50-58(80(2,3)4)49-71(83)77(72)81)79-60(53-29-13-8-14-30-53)38-25-39-61(79)54-31-15-9-16-32-54/h7-25,27-51H,5-6,26H2,1-4H3. The molecule has 0 unspecified atom stereocenters. The monoisotopic (exact) mass is 1090 g/mol. The Bertz CT molecular complexity index is 4810. The number of nitrogens with zero attached hydrogens (tertiary/aromatic N) is 3. The van der Waals surface area contributed by atoms with Gasteiger partial charge in [-0.05, 0) is 128 Å². The van der Waals surface area contributed by atoms with Crippen molar-refractivity contribution in [2.75, 3.05) is 9.80 Å². The highest BCUT2D eigenvalue weighted by atomic mass is 16.3. The zero-order valence-corrected chi connectivity index (χ0v) is 48.4. The van der Waals surface area contributed by atoms with Gasteiger partial charge >= 0.3 is 0 Å². The van der Waals surface area contributed by atoms with Crippen LogP contribution in [0.25, 0.3) is 93.9 Å². The Balaban J connectivity index is 1.09. The van der Waals surface area contributed by atoms with E-state index in [9.17, 15) is 0 Å². The normalized spacial score (nSPS) is 12.8. The molecule has 2 aromatic heterocycles. The Labute approximate surface area is 497 Å². The summed E-state index contributed by atoms with van der Waals surface area (Å²) in [6, 6.07) is 99.7. The molecule has 0 aliphatic carbocycles. The van der Waals surface area contributed by atoms with Crippen LogP contribution in [0, 0.1) is 0 Å². The second kappa shape index (κ2) is 20.1. The summed E-state index contributed by atoms with van der Waals surface area (Å²) in [6.07, 6.45) is 2.96. The Kier molecular flexibility index (Phi) is 12.0. The van der Waals surface area contributed by atoms with Crippen molar-refractivity contribution in [2.24, 2.45) is 0 Å². The lowest BCUT2D eigenvalue weighted by molar-refractivity contribution is 0.590. The highest BCUT2D eigenvalue weighted by molar-refractivity contribution is 7.00. The molecule has 0 N–H and O–H groups in total. The topological polar surface area (TPSA) is 24.6 Å². The lowest BCUT2D eigenvalue weighted by atomic mass is 9.33. The van der Waals surface area contributed by atoms with Crippen molar-refractivity contribution in [2.45, 2.75) is 52.4 Å². The van der Waals surface area contributed by atoms with Gasteiger partial charge in [-0.25, -0.2) is 0 Å². The van der Waals surface area contributed by atoms with Crippen molar-refractivity contribution >= 4 is 101 Å². The number of aryl methyl sites for hydroxylation is 1. The largest absolute Gasteiger partial charge is 0.456 e. The number of hydrogen-bond donors (Lipinski definition) is 0. The lowest BCUT2D eigenvalue weighted by Crippen LogP contribution is -2.61. The summed E-state index contributed by atoms with van der Waals surface area (Å²) in [5.41, 5.74) is 27.7. The molecule has 406 valence electrons. The first-order valence-corrected chi connectivity index (χ1v) is 30.2. The fraction of sp³-hybridized carbons (Fsp3) is 0.100. The third-order valence-corrected chi connectivity index (χ3v) is 18.1. The van der Waals surface area contributed by atoms with Crippen molar-refractivity contribution in [1.29, 1.82) is 0 Å². The second-order valence-corrected chi connectivity index (χ2v) is 24.2. The summed E-state index contributed by atoms with van der Waals surface area (Å²) < 4.78 is 9.45. The van der Waals surface area contributed by atoms with E-state index in [0.717, 1.165) is 86.1 Å². The maximum Gasteiger partial charge on any atom is 0.252 e. The van der Waals surface area contributed by atoms with Crippen molar-refractivity contribution in [3.8, 4) is 50.2 Å². The Morgan fingerprint density at radius 2 is 0.965 bits per heavy atom. The average molecular weight is 1090 g/mol. The minimum Gasteiger partial charge on any atom is -0.456 e. The van der Waals surface area contributed by atoms with E-state index in [2.05, 4.69) is 309 Å². The zero-order valence-electron chi connectivity index (χ0n) is 48.4. The van der Waals surface area contributed by atoms with Crippen LogP contribution in [0.3, 0.4) is 0 Å². The van der Waals surface area contributed by atoms with Crippen LogP contribution in [-0.2, 0) is 11.8 Å². The van der Waals surface area contributed by atoms with E-state index < -0.39 is 0 Å². The van der Waals surface area contributed by atoms with Crippen molar-refractivity contribution < 1.29 is 4.42 Å². The van der Waals surface area contributed by atoms with Gasteiger partial charge in [0.1, 0.15) is 11.2 Å². The van der Waals surface area contributed by atoms with Crippen LogP contribution in [0.1, 0.15) is 51.7 Å². The molecule has 5 heteroatoms. The summed E-state index contributed by atoms with van der Waals surface area (Å²) in [5, 5.41) is 4.73. The zero-order chi connectivity index (χ0) is 56.9. The molecule has 2 aliphatic heterocycles. The van der Waals surface area contributed by atoms with E-state index in [0.29, 0.717) is 0 Å². The Morgan fingerprint density at radius 3 is 1.58 bits per heavy atom. The van der Waals surface area contributed by atoms with Gasteiger partial charge in [-0.3, -0.25) is 0 Å². The average Bonchev–Trinajstić information content (AvgIpc) is 3.61. The van der Waals surface area contributed by atoms with E-state index >= 15 is 0 Å². The lowest BCUT2D eigenvalue weighted by Gasteiger charge is -2.46. The van der Waals surface area contributed by atoms with Crippen LogP contribution in [0.5, 0.6) is 0 Å². The number of unbranched alkanes of at least 4 members (excludes halogenated alkanes) is 1. The molecule has 85 heavy (non-hydrogen) atoms. The van der Waals surface area contributed by atoms with Crippen molar-refractivity contribution in [3.63, 3.8) is 0 Å². The van der Waals surface area contributed by atoms with Crippen molar-refractivity contribution in [3.05, 3.63) is 278 Å². The number of benzene rings is 12. The Hall–Kier alpha value is -10.1. The number of para-hydroxylation sites is 4. The van der Waals surface area contributed by atoms with Crippen LogP contribution in [-0.4, -0.2) is 11.3 Å². The van der Waals surface area contributed by atoms with E-state index in [1.807, 2.05) is 0 Å². The fourth-order valence-corrected chi connectivity index (χ4v) is 14.2. The third kappa shape index (κ3) is 8.12. The van der Waals surface area contributed by atoms with Crippen molar-refractivity contribution in [1.82, 2.24) is 4.57 Å². The van der Waals surface area contributed by atoms with Crippen LogP contribution >= 0.6 is 0 Å². The molecule has 4 heterocycles. The summed E-state index contributed by atoms with van der Waals surface area (Å²) in [4.78, 5) is 5.40. The molecule has 0 saturated heterocycles. The molecule has 0 spiro atoms. The molecule has 0 atom stereocenters. The molecule has 0 fully saturated rings.